The summed E-state index contributed by atoms with van der Waals surface area (Å²) in [6.45, 7) is 11.3. The highest BCUT2D eigenvalue weighted by Crippen LogP contribution is 2.27. The largest absolute Gasteiger partial charge is 0.414 e. The molecule has 0 rings (SSSR count). The van der Waals surface area contributed by atoms with E-state index in [2.05, 4.69) is 49.8 Å². The maximum atomic E-state index is 6.05. The third-order valence-corrected chi connectivity index (χ3v) is 3.51. The van der Waals surface area contributed by atoms with Gasteiger partial charge in [0.2, 0.25) is 9.04 Å². The van der Waals surface area contributed by atoms with Crippen molar-refractivity contribution >= 4 is 25.0 Å². The van der Waals surface area contributed by atoms with Gasteiger partial charge in [0.05, 0.1) is 0 Å². The van der Waals surface area contributed by atoms with Crippen LogP contribution in [-0.2, 0) is 4.43 Å². The van der Waals surface area contributed by atoms with Gasteiger partial charge in [-0.1, -0.05) is 43.1 Å². The molecule has 1 radical (unpaired) electrons. The lowest BCUT2D eigenvalue weighted by Crippen LogP contribution is -2.33. The highest BCUT2D eigenvalue weighted by Gasteiger charge is 2.25. The van der Waals surface area contributed by atoms with Crippen LogP contribution in [0.15, 0.2) is 0 Å². The van der Waals surface area contributed by atoms with Crippen LogP contribution in [0.3, 0.4) is 0 Å². The molecule has 0 bridgehead atoms. The fourth-order valence-electron chi connectivity index (χ4n) is 1.38. The van der Waals surface area contributed by atoms with Crippen molar-refractivity contribution < 1.29 is 4.43 Å². The number of alkyl halides is 1. The predicted molar refractivity (Wildman–Crippen MR) is 69.5 cm³/mol. The van der Waals surface area contributed by atoms with Crippen molar-refractivity contribution in [3.8, 4) is 0 Å². The van der Waals surface area contributed by atoms with Crippen molar-refractivity contribution in [3.63, 3.8) is 0 Å². The number of rotatable bonds is 6. The summed E-state index contributed by atoms with van der Waals surface area (Å²) in [5.41, 5.74) is 0.286. The summed E-state index contributed by atoms with van der Waals surface area (Å²) in [5, 5.41) is 1.11. The molecule has 3 heteroatoms. The Morgan fingerprint density at radius 1 is 1.21 bits per heavy atom. The molecule has 0 N–H and O–H groups in total. The van der Waals surface area contributed by atoms with Crippen LogP contribution in [0, 0.1) is 5.41 Å². The van der Waals surface area contributed by atoms with E-state index in [0.717, 1.165) is 5.33 Å². The van der Waals surface area contributed by atoms with Crippen LogP contribution in [0.1, 0.15) is 40.0 Å². The number of halogens is 1. The smallest absolute Gasteiger partial charge is 0.205 e. The fraction of sp³-hybridized carbons (Fsp3) is 1.00. The molecule has 0 spiro atoms. The first-order valence-electron chi connectivity index (χ1n) is 5.40. The Morgan fingerprint density at radius 2 is 1.79 bits per heavy atom. The fourth-order valence-corrected chi connectivity index (χ4v) is 2.81. The highest BCUT2D eigenvalue weighted by molar-refractivity contribution is 9.09. The quantitative estimate of drug-likeness (QED) is 0.402. The van der Waals surface area contributed by atoms with Gasteiger partial charge in [0.15, 0.2) is 0 Å². The molecule has 85 valence electrons. The molecule has 1 atom stereocenters. The van der Waals surface area contributed by atoms with E-state index in [0.29, 0.717) is 6.10 Å². The van der Waals surface area contributed by atoms with Gasteiger partial charge in [-0.25, -0.2) is 0 Å². The van der Waals surface area contributed by atoms with Gasteiger partial charge in [-0.15, -0.1) is 0 Å². The molecule has 0 heterocycles. The van der Waals surface area contributed by atoms with Crippen LogP contribution in [0.25, 0.3) is 0 Å². The van der Waals surface area contributed by atoms with Gasteiger partial charge in [-0.2, -0.15) is 0 Å². The molecule has 0 saturated heterocycles. The molecular weight excluding hydrogens is 256 g/mol. The summed E-state index contributed by atoms with van der Waals surface area (Å²) < 4.78 is 6.05. The Kier molecular flexibility index (Phi) is 7.35. The lowest BCUT2D eigenvalue weighted by Gasteiger charge is -2.32. The molecule has 0 aliphatic carbocycles. The lowest BCUT2D eigenvalue weighted by molar-refractivity contribution is 0.0765. The summed E-state index contributed by atoms with van der Waals surface area (Å²) in [6, 6.07) is 0. The van der Waals surface area contributed by atoms with Crippen molar-refractivity contribution in [2.24, 2.45) is 5.41 Å². The third-order valence-electron chi connectivity index (χ3n) is 2.19. The van der Waals surface area contributed by atoms with Gasteiger partial charge < -0.3 is 4.43 Å². The second kappa shape index (κ2) is 7.02. The Labute approximate surface area is 99.5 Å². The van der Waals surface area contributed by atoms with E-state index in [1.54, 1.807) is 0 Å². The zero-order valence-corrected chi connectivity index (χ0v) is 12.8. The first kappa shape index (κ1) is 14.7. The average Bonchev–Trinajstić information content (AvgIpc) is 2.00. The van der Waals surface area contributed by atoms with E-state index < -0.39 is 9.04 Å². The monoisotopic (exact) mass is 279 g/mol. The van der Waals surface area contributed by atoms with Crippen molar-refractivity contribution in [2.75, 3.05) is 5.33 Å². The molecule has 0 amide bonds. The molecule has 0 aromatic heterocycles. The highest BCUT2D eigenvalue weighted by atomic mass is 79.9. The van der Waals surface area contributed by atoms with Crippen molar-refractivity contribution in [1.82, 2.24) is 0 Å². The summed E-state index contributed by atoms with van der Waals surface area (Å²) in [4.78, 5) is 0. The molecule has 0 aromatic rings. The molecule has 0 saturated carbocycles. The van der Waals surface area contributed by atoms with Crippen molar-refractivity contribution in [3.05, 3.63) is 0 Å². The molecule has 14 heavy (non-hydrogen) atoms. The molecule has 0 aromatic carbocycles. The minimum atomic E-state index is -0.564. The Morgan fingerprint density at radius 3 is 2.14 bits per heavy atom. The third kappa shape index (κ3) is 7.02. The Balaban J connectivity index is 3.99. The van der Waals surface area contributed by atoms with Crippen LogP contribution in [-0.4, -0.2) is 20.5 Å². The maximum absolute atomic E-state index is 6.05. The topological polar surface area (TPSA) is 9.23 Å². The van der Waals surface area contributed by atoms with Gasteiger partial charge in [-0.05, 0) is 31.4 Å². The second-order valence-corrected chi connectivity index (χ2v) is 7.91. The van der Waals surface area contributed by atoms with Gasteiger partial charge in [0, 0.05) is 11.4 Å². The standard InChI is InChI=1S/C11H24BrOSi/c1-11(2,3)10(13-14(4)5)8-6-7-9-12/h10H,6-9H2,1-5H3. The van der Waals surface area contributed by atoms with Crippen molar-refractivity contribution in [1.29, 1.82) is 0 Å². The van der Waals surface area contributed by atoms with E-state index in [-0.39, 0.29) is 5.41 Å². The van der Waals surface area contributed by atoms with E-state index in [1.807, 2.05) is 0 Å². The van der Waals surface area contributed by atoms with E-state index in [9.17, 15) is 0 Å². The van der Waals surface area contributed by atoms with Gasteiger partial charge in [-0.3, -0.25) is 0 Å². The zero-order valence-electron chi connectivity index (χ0n) is 10.2. The molecule has 1 nitrogen and oxygen atoms in total. The van der Waals surface area contributed by atoms with E-state index in [1.165, 1.54) is 19.3 Å². The minimum absolute atomic E-state index is 0.286. The average molecular weight is 280 g/mol. The Bertz CT molecular complexity index is 143. The van der Waals surface area contributed by atoms with E-state index >= 15 is 0 Å². The summed E-state index contributed by atoms with van der Waals surface area (Å²) in [5.74, 6) is 0. The second-order valence-electron chi connectivity index (χ2n) is 5.07. The summed E-state index contributed by atoms with van der Waals surface area (Å²) in [6.07, 6.45) is 4.16. The molecule has 0 aliphatic heterocycles. The number of unbranched alkanes of at least 4 members (excludes halogenated alkanes) is 1. The minimum Gasteiger partial charge on any atom is -0.414 e. The van der Waals surface area contributed by atoms with Crippen LogP contribution in [0.5, 0.6) is 0 Å². The lowest BCUT2D eigenvalue weighted by atomic mass is 9.86. The first-order chi connectivity index (χ1) is 6.38. The zero-order chi connectivity index (χ0) is 11.2. The Hall–Kier alpha value is 0.657. The van der Waals surface area contributed by atoms with Crippen LogP contribution in [0.4, 0.5) is 0 Å². The van der Waals surface area contributed by atoms with Crippen LogP contribution in [0.2, 0.25) is 13.1 Å². The van der Waals surface area contributed by atoms with E-state index in [4.69, 9.17) is 4.43 Å². The summed E-state index contributed by atoms with van der Waals surface area (Å²) in [7, 11) is -0.564. The molecular formula is C11H24BrOSi. The van der Waals surface area contributed by atoms with Crippen LogP contribution < -0.4 is 0 Å². The molecule has 0 fully saturated rings. The molecule has 1 unspecified atom stereocenters. The van der Waals surface area contributed by atoms with Crippen molar-refractivity contribution in [2.45, 2.75) is 59.2 Å². The first-order valence-corrected chi connectivity index (χ1v) is 8.93. The summed E-state index contributed by atoms with van der Waals surface area (Å²) >= 11 is 3.47. The predicted octanol–water partition coefficient (Wildman–Crippen LogP) is 4.23. The number of hydrogen-bond acceptors (Lipinski definition) is 1. The maximum Gasteiger partial charge on any atom is 0.205 e. The van der Waals surface area contributed by atoms with Crippen LogP contribution >= 0.6 is 15.9 Å². The van der Waals surface area contributed by atoms with Gasteiger partial charge in [0.25, 0.3) is 0 Å². The number of hydrogen-bond donors (Lipinski definition) is 0. The molecule has 0 aliphatic rings. The van der Waals surface area contributed by atoms with Gasteiger partial charge in [0.1, 0.15) is 0 Å². The normalized spacial score (nSPS) is 14.8. The van der Waals surface area contributed by atoms with Gasteiger partial charge >= 0.3 is 0 Å². The SMILES string of the molecule is C[Si](C)OC(CCCCBr)C(C)(C)C.